The number of amides is 1. The number of hydrogen-bond donors (Lipinski definition) is 2. The van der Waals surface area contributed by atoms with E-state index in [0.29, 0.717) is 30.3 Å². The monoisotopic (exact) mass is 545 g/mol. The van der Waals surface area contributed by atoms with Gasteiger partial charge >= 0.3 is 5.97 Å². The lowest BCUT2D eigenvalue weighted by molar-refractivity contribution is 0.0698. The van der Waals surface area contributed by atoms with E-state index in [9.17, 15) is 14.7 Å². The Bertz CT molecular complexity index is 1270. The standard InChI is InChI=1S/C32H39N3O5/c1-3-4-20-40-30-14-12-26(39-21-8-15-35-18-16-34(2)17-19-35)23-28(30)31(36)33-29-22-25(11-13-27(29)32(37)38)24-9-6-5-7-10-24/h5-7,9-14,22-23H,3-4,8,15-21H2,1-2H3,(H,33,36)(H,37,38). The van der Waals surface area contributed by atoms with Gasteiger partial charge in [0.25, 0.3) is 5.91 Å². The quantitative estimate of drug-likeness (QED) is 0.274. The van der Waals surface area contributed by atoms with E-state index in [4.69, 9.17) is 9.47 Å². The van der Waals surface area contributed by atoms with Crippen LogP contribution in [0.2, 0.25) is 0 Å². The van der Waals surface area contributed by atoms with Crippen LogP contribution in [-0.4, -0.2) is 79.8 Å². The average molecular weight is 546 g/mol. The number of carbonyl (C=O) groups excluding carboxylic acids is 1. The molecule has 0 atom stereocenters. The number of carbonyl (C=O) groups is 2. The summed E-state index contributed by atoms with van der Waals surface area (Å²) in [6.07, 6.45) is 2.70. The van der Waals surface area contributed by atoms with Crippen LogP contribution in [0.3, 0.4) is 0 Å². The normalized spacial score (nSPS) is 14.1. The van der Waals surface area contributed by atoms with Crippen LogP contribution in [0.1, 0.15) is 46.9 Å². The first-order chi connectivity index (χ1) is 19.4. The minimum absolute atomic E-state index is 0.0118. The van der Waals surface area contributed by atoms with Gasteiger partial charge in [-0.3, -0.25) is 4.79 Å². The van der Waals surface area contributed by atoms with Gasteiger partial charge in [-0.15, -0.1) is 0 Å². The Morgan fingerprint density at radius 2 is 1.60 bits per heavy atom. The topological polar surface area (TPSA) is 91.3 Å². The van der Waals surface area contributed by atoms with Crippen molar-refractivity contribution in [1.82, 2.24) is 9.80 Å². The molecule has 3 aromatic rings. The highest BCUT2D eigenvalue weighted by Gasteiger charge is 2.19. The fourth-order valence-electron chi connectivity index (χ4n) is 4.61. The van der Waals surface area contributed by atoms with Crippen LogP contribution >= 0.6 is 0 Å². The van der Waals surface area contributed by atoms with E-state index in [1.165, 1.54) is 6.07 Å². The van der Waals surface area contributed by atoms with Crippen molar-refractivity contribution in [1.29, 1.82) is 0 Å². The Kier molecular flexibility index (Phi) is 10.5. The second-order valence-corrected chi connectivity index (χ2v) is 10.1. The van der Waals surface area contributed by atoms with Crippen molar-refractivity contribution in [3.8, 4) is 22.6 Å². The number of aromatic carboxylic acids is 1. The van der Waals surface area contributed by atoms with E-state index < -0.39 is 11.9 Å². The highest BCUT2D eigenvalue weighted by molar-refractivity contribution is 6.09. The largest absolute Gasteiger partial charge is 0.494 e. The molecule has 0 radical (unpaired) electrons. The number of ether oxygens (including phenoxy) is 2. The van der Waals surface area contributed by atoms with Gasteiger partial charge < -0.3 is 29.7 Å². The van der Waals surface area contributed by atoms with Crippen LogP contribution < -0.4 is 14.8 Å². The molecule has 0 saturated carbocycles. The zero-order chi connectivity index (χ0) is 28.3. The molecule has 212 valence electrons. The van der Waals surface area contributed by atoms with Gasteiger partial charge in [0.05, 0.1) is 30.0 Å². The number of anilines is 1. The van der Waals surface area contributed by atoms with E-state index in [1.807, 2.05) is 36.4 Å². The van der Waals surface area contributed by atoms with E-state index in [1.54, 1.807) is 24.3 Å². The maximum absolute atomic E-state index is 13.6. The van der Waals surface area contributed by atoms with Crippen molar-refractivity contribution in [2.75, 3.05) is 58.3 Å². The van der Waals surface area contributed by atoms with Crippen molar-refractivity contribution in [2.45, 2.75) is 26.2 Å². The second-order valence-electron chi connectivity index (χ2n) is 10.1. The first-order valence-electron chi connectivity index (χ1n) is 14.0. The lowest BCUT2D eigenvalue weighted by atomic mass is 10.0. The number of likely N-dealkylation sites (N-methyl/N-ethyl adjacent to an activating group) is 1. The fourth-order valence-corrected chi connectivity index (χ4v) is 4.61. The first kappa shape index (κ1) is 29.1. The number of nitrogens with one attached hydrogen (secondary N) is 1. The van der Waals surface area contributed by atoms with Crippen molar-refractivity contribution in [3.05, 3.63) is 77.9 Å². The summed E-state index contributed by atoms with van der Waals surface area (Å²) in [4.78, 5) is 30.3. The summed E-state index contributed by atoms with van der Waals surface area (Å²) in [7, 11) is 2.15. The van der Waals surface area contributed by atoms with Crippen LogP contribution in [0.5, 0.6) is 11.5 Å². The van der Waals surface area contributed by atoms with E-state index in [0.717, 1.165) is 63.1 Å². The van der Waals surface area contributed by atoms with Crippen molar-refractivity contribution in [3.63, 3.8) is 0 Å². The average Bonchev–Trinajstić information content (AvgIpc) is 2.97. The number of benzene rings is 3. The molecule has 0 unspecified atom stereocenters. The van der Waals surface area contributed by atoms with Crippen LogP contribution in [0.15, 0.2) is 66.7 Å². The highest BCUT2D eigenvalue weighted by atomic mass is 16.5. The van der Waals surface area contributed by atoms with Crippen molar-refractivity contribution < 1.29 is 24.2 Å². The molecule has 8 heteroatoms. The van der Waals surface area contributed by atoms with Crippen LogP contribution in [0.25, 0.3) is 11.1 Å². The number of rotatable bonds is 13. The lowest BCUT2D eigenvalue weighted by Crippen LogP contribution is -2.44. The summed E-state index contributed by atoms with van der Waals surface area (Å²) in [6, 6.07) is 19.8. The van der Waals surface area contributed by atoms with Crippen molar-refractivity contribution in [2.24, 2.45) is 0 Å². The maximum atomic E-state index is 13.6. The molecule has 1 aliphatic heterocycles. The van der Waals surface area contributed by atoms with Gasteiger partial charge in [-0.2, -0.15) is 0 Å². The lowest BCUT2D eigenvalue weighted by Gasteiger charge is -2.32. The minimum atomic E-state index is -1.12. The summed E-state index contributed by atoms with van der Waals surface area (Å²) in [6.45, 7) is 8.34. The van der Waals surface area contributed by atoms with Crippen LogP contribution in [-0.2, 0) is 0 Å². The molecular formula is C32H39N3O5. The summed E-state index contributed by atoms with van der Waals surface area (Å²) in [5.41, 5.74) is 2.26. The third-order valence-corrected chi connectivity index (χ3v) is 7.04. The molecule has 0 aliphatic carbocycles. The molecule has 1 heterocycles. The molecule has 4 rings (SSSR count). The number of carboxylic acids is 1. The summed E-state index contributed by atoms with van der Waals surface area (Å²) >= 11 is 0. The Labute approximate surface area is 236 Å². The molecule has 8 nitrogen and oxygen atoms in total. The second kappa shape index (κ2) is 14.5. The first-order valence-corrected chi connectivity index (χ1v) is 14.0. The molecule has 0 aromatic heterocycles. The van der Waals surface area contributed by atoms with Gasteiger partial charge in [-0.05, 0) is 61.3 Å². The van der Waals surface area contributed by atoms with E-state index in [2.05, 4.69) is 29.1 Å². The van der Waals surface area contributed by atoms with Gasteiger partial charge in [0.15, 0.2) is 0 Å². The predicted molar refractivity (Wildman–Crippen MR) is 158 cm³/mol. The Morgan fingerprint density at radius 3 is 2.33 bits per heavy atom. The summed E-state index contributed by atoms with van der Waals surface area (Å²) in [5.74, 6) is -0.566. The molecular weight excluding hydrogens is 506 g/mol. The van der Waals surface area contributed by atoms with Gasteiger partial charge in [-0.25, -0.2) is 4.79 Å². The third-order valence-electron chi connectivity index (χ3n) is 7.04. The van der Waals surface area contributed by atoms with E-state index in [-0.39, 0.29) is 11.3 Å². The molecule has 1 saturated heterocycles. The number of hydrogen-bond acceptors (Lipinski definition) is 6. The Morgan fingerprint density at radius 1 is 0.850 bits per heavy atom. The van der Waals surface area contributed by atoms with E-state index >= 15 is 0 Å². The molecule has 40 heavy (non-hydrogen) atoms. The fraction of sp³-hybridized carbons (Fsp3) is 0.375. The number of unbranched alkanes of at least 4 members (excludes halogenated alkanes) is 1. The highest BCUT2D eigenvalue weighted by Crippen LogP contribution is 2.29. The molecule has 0 bridgehead atoms. The number of carboxylic acid groups (broad SMARTS) is 1. The predicted octanol–water partition coefficient (Wildman–Crippen LogP) is 5.50. The number of piperazine rings is 1. The molecule has 1 aliphatic rings. The van der Waals surface area contributed by atoms with Crippen LogP contribution in [0, 0.1) is 0 Å². The number of nitrogens with zero attached hydrogens (tertiary/aromatic N) is 2. The zero-order valence-electron chi connectivity index (χ0n) is 23.4. The Balaban J connectivity index is 1.50. The van der Waals surface area contributed by atoms with Gasteiger partial charge in [0, 0.05) is 32.7 Å². The molecule has 1 amide bonds. The SMILES string of the molecule is CCCCOc1ccc(OCCCN2CCN(C)CC2)cc1C(=O)Nc1cc(-c2ccccc2)ccc1C(=O)O. The molecule has 3 aromatic carbocycles. The van der Waals surface area contributed by atoms with Gasteiger partial charge in [0.2, 0.25) is 0 Å². The minimum Gasteiger partial charge on any atom is -0.494 e. The Hall–Kier alpha value is -3.88. The maximum Gasteiger partial charge on any atom is 0.337 e. The van der Waals surface area contributed by atoms with Crippen LogP contribution in [0.4, 0.5) is 5.69 Å². The molecule has 2 N–H and O–H groups in total. The zero-order valence-corrected chi connectivity index (χ0v) is 23.4. The van der Waals surface area contributed by atoms with Crippen molar-refractivity contribution >= 4 is 17.6 Å². The van der Waals surface area contributed by atoms with Gasteiger partial charge in [0.1, 0.15) is 11.5 Å². The molecule has 1 fully saturated rings. The third kappa shape index (κ3) is 8.07. The summed E-state index contributed by atoms with van der Waals surface area (Å²) in [5, 5.41) is 12.6. The molecule has 0 spiro atoms. The summed E-state index contributed by atoms with van der Waals surface area (Å²) < 4.78 is 11.9. The van der Waals surface area contributed by atoms with Gasteiger partial charge in [-0.1, -0.05) is 49.7 Å². The smallest absolute Gasteiger partial charge is 0.337 e.